The summed E-state index contributed by atoms with van der Waals surface area (Å²) in [5, 5.41) is 26.1. The Morgan fingerprint density at radius 1 is 1.56 bits per heavy atom. The molecule has 0 amide bonds. The Hall–Kier alpha value is -0.420. The average Bonchev–Trinajstić information content (AvgIpc) is 2.39. The molecular weight excluding hydrogens is 124 g/mol. The summed E-state index contributed by atoms with van der Waals surface area (Å²) in [6, 6.07) is 0. The van der Waals surface area contributed by atoms with E-state index >= 15 is 0 Å². The van der Waals surface area contributed by atoms with Crippen LogP contribution in [0.1, 0.15) is 0 Å². The van der Waals surface area contributed by atoms with Gasteiger partial charge in [0.2, 0.25) is 5.79 Å². The van der Waals surface area contributed by atoms with Crippen molar-refractivity contribution in [2.75, 3.05) is 6.61 Å². The number of ether oxygens (including phenoxy) is 1. The predicted octanol–water partition coefficient (Wildman–Crippen LogP) is -1.43. The molecule has 52 valence electrons. The highest BCUT2D eigenvalue weighted by atomic mass is 16.8. The minimum absolute atomic E-state index is 0.629. The van der Waals surface area contributed by atoms with Gasteiger partial charge in [0, 0.05) is 0 Å². The predicted molar refractivity (Wildman–Crippen MR) is 28.3 cm³/mol. The first-order valence-corrected chi connectivity index (χ1v) is 2.47. The first-order chi connectivity index (χ1) is 4.08. The Morgan fingerprint density at radius 3 is 2.22 bits per heavy atom. The molecule has 9 heavy (non-hydrogen) atoms. The van der Waals surface area contributed by atoms with Crippen LogP contribution in [0.4, 0.5) is 0 Å². The third kappa shape index (κ3) is 0.684. The smallest absolute Gasteiger partial charge is 0.252 e. The van der Waals surface area contributed by atoms with Gasteiger partial charge >= 0.3 is 0 Å². The molecule has 1 aliphatic heterocycles. The first kappa shape index (κ1) is 6.70. The van der Waals surface area contributed by atoms with Gasteiger partial charge in [0.25, 0.3) is 5.79 Å². The van der Waals surface area contributed by atoms with Crippen molar-refractivity contribution >= 4 is 0 Å². The Kier molecular flexibility index (Phi) is 1.15. The zero-order valence-corrected chi connectivity index (χ0v) is 4.74. The lowest BCUT2D eigenvalue weighted by Crippen LogP contribution is -2.27. The maximum atomic E-state index is 8.91. The Labute approximate surface area is 52.0 Å². The lowest BCUT2D eigenvalue weighted by atomic mass is 10.2. The third-order valence-electron chi connectivity index (χ3n) is 1.33. The average molecular weight is 132 g/mol. The van der Waals surface area contributed by atoms with E-state index in [1.807, 2.05) is 0 Å². The van der Waals surface area contributed by atoms with E-state index in [1.54, 1.807) is 0 Å². The summed E-state index contributed by atoms with van der Waals surface area (Å²) in [5.74, 6) is -3.55. The maximum Gasteiger partial charge on any atom is 0.252 e. The fourth-order valence-electron chi connectivity index (χ4n) is 0.579. The van der Waals surface area contributed by atoms with Gasteiger partial charge in [-0.05, 0) is 6.08 Å². The van der Waals surface area contributed by atoms with Crippen LogP contribution in [-0.4, -0.2) is 33.5 Å². The molecule has 1 saturated heterocycles. The highest BCUT2D eigenvalue weighted by Crippen LogP contribution is 2.43. The van der Waals surface area contributed by atoms with Crippen LogP contribution in [0.5, 0.6) is 0 Å². The third-order valence-corrected chi connectivity index (χ3v) is 1.33. The molecule has 1 heterocycles. The number of hydrogen-bond acceptors (Lipinski definition) is 4. The van der Waals surface area contributed by atoms with Gasteiger partial charge in [0.05, 0.1) is 0 Å². The molecule has 0 aromatic carbocycles. The minimum Gasteiger partial charge on any atom is -0.391 e. The lowest BCUT2D eigenvalue weighted by Gasteiger charge is -1.99. The van der Waals surface area contributed by atoms with Crippen LogP contribution < -0.4 is 0 Å². The summed E-state index contributed by atoms with van der Waals surface area (Å²) in [6.07, 6.45) is 1.03. The summed E-state index contributed by atoms with van der Waals surface area (Å²) in [6.45, 7) is 2.56. The molecule has 1 aliphatic rings. The molecule has 3 N–H and O–H groups in total. The van der Waals surface area contributed by atoms with Crippen LogP contribution in [0.3, 0.4) is 0 Å². The molecule has 0 bridgehead atoms. The van der Waals surface area contributed by atoms with E-state index in [0.29, 0.717) is 0 Å². The monoisotopic (exact) mass is 132 g/mol. The van der Waals surface area contributed by atoms with Crippen molar-refractivity contribution in [1.82, 2.24) is 0 Å². The van der Waals surface area contributed by atoms with Crippen LogP contribution in [0.2, 0.25) is 0 Å². The van der Waals surface area contributed by atoms with Crippen LogP contribution in [-0.2, 0) is 4.74 Å². The molecule has 4 heteroatoms. The Bertz CT molecular complexity index is 146. The lowest BCUT2D eigenvalue weighted by molar-refractivity contribution is -0.0177. The second-order valence-corrected chi connectivity index (χ2v) is 1.95. The van der Waals surface area contributed by atoms with Gasteiger partial charge in [0.1, 0.15) is 6.61 Å². The molecule has 0 aliphatic carbocycles. The molecule has 0 radical (unpaired) electrons. The topological polar surface area (TPSA) is 73.2 Å². The SMILES string of the molecule is C=CC1(O)OC1(O)CO. The summed E-state index contributed by atoms with van der Waals surface area (Å²) in [7, 11) is 0. The van der Waals surface area contributed by atoms with Crippen molar-refractivity contribution in [3.8, 4) is 0 Å². The first-order valence-electron chi connectivity index (χ1n) is 2.47. The van der Waals surface area contributed by atoms with E-state index in [9.17, 15) is 0 Å². The van der Waals surface area contributed by atoms with Gasteiger partial charge in [0.15, 0.2) is 0 Å². The van der Waals surface area contributed by atoms with Crippen LogP contribution in [0, 0.1) is 0 Å². The normalized spacial score (nSPS) is 48.8. The van der Waals surface area contributed by atoms with Gasteiger partial charge in [-0.2, -0.15) is 0 Å². The molecule has 0 spiro atoms. The fourth-order valence-corrected chi connectivity index (χ4v) is 0.579. The molecule has 0 saturated carbocycles. The van der Waals surface area contributed by atoms with Gasteiger partial charge in [-0.3, -0.25) is 0 Å². The second-order valence-electron chi connectivity index (χ2n) is 1.95. The minimum atomic E-state index is -1.81. The molecular formula is C5H8O4. The van der Waals surface area contributed by atoms with Crippen molar-refractivity contribution in [3.63, 3.8) is 0 Å². The van der Waals surface area contributed by atoms with Crippen molar-refractivity contribution in [2.45, 2.75) is 11.6 Å². The summed E-state index contributed by atoms with van der Waals surface area (Å²) >= 11 is 0. The highest BCUT2D eigenvalue weighted by molar-refractivity contribution is 5.10. The Balaban J connectivity index is 2.64. The van der Waals surface area contributed by atoms with Crippen molar-refractivity contribution in [2.24, 2.45) is 0 Å². The molecule has 4 nitrogen and oxygen atoms in total. The van der Waals surface area contributed by atoms with Crippen LogP contribution >= 0.6 is 0 Å². The Morgan fingerprint density at radius 2 is 2.11 bits per heavy atom. The second kappa shape index (κ2) is 1.54. The molecule has 0 aromatic heterocycles. The standard InChI is InChI=1S/C5H8O4/c1-2-4(7)5(8,3-6)9-4/h2,6-8H,1,3H2. The largest absolute Gasteiger partial charge is 0.391 e. The molecule has 0 aromatic rings. The molecule has 1 fully saturated rings. The van der Waals surface area contributed by atoms with E-state index in [1.165, 1.54) is 0 Å². The molecule has 2 unspecified atom stereocenters. The summed E-state index contributed by atoms with van der Waals surface area (Å²) in [4.78, 5) is 0. The van der Waals surface area contributed by atoms with Gasteiger partial charge in [-0.15, -0.1) is 0 Å². The van der Waals surface area contributed by atoms with Crippen LogP contribution in [0.25, 0.3) is 0 Å². The number of rotatable bonds is 2. The van der Waals surface area contributed by atoms with Gasteiger partial charge in [-0.1, -0.05) is 6.58 Å². The van der Waals surface area contributed by atoms with E-state index in [-0.39, 0.29) is 0 Å². The fraction of sp³-hybridized carbons (Fsp3) is 0.600. The molecule has 2 atom stereocenters. The van der Waals surface area contributed by atoms with E-state index in [4.69, 9.17) is 15.3 Å². The zero-order chi connectivity index (χ0) is 7.12. The van der Waals surface area contributed by atoms with E-state index < -0.39 is 18.2 Å². The number of epoxide rings is 1. The van der Waals surface area contributed by atoms with E-state index in [2.05, 4.69) is 11.3 Å². The van der Waals surface area contributed by atoms with Crippen molar-refractivity contribution < 1.29 is 20.1 Å². The number of aliphatic hydroxyl groups excluding tert-OH is 1. The zero-order valence-electron chi connectivity index (χ0n) is 4.74. The van der Waals surface area contributed by atoms with Crippen LogP contribution in [0.15, 0.2) is 12.7 Å². The quantitative estimate of drug-likeness (QED) is 0.318. The highest BCUT2D eigenvalue weighted by Gasteiger charge is 2.68. The summed E-state index contributed by atoms with van der Waals surface area (Å²) in [5.41, 5.74) is 0. The number of aliphatic hydroxyl groups is 3. The van der Waals surface area contributed by atoms with Crippen molar-refractivity contribution in [1.29, 1.82) is 0 Å². The molecule has 1 rings (SSSR count). The van der Waals surface area contributed by atoms with Crippen molar-refractivity contribution in [3.05, 3.63) is 12.7 Å². The number of hydrogen-bond donors (Lipinski definition) is 3. The van der Waals surface area contributed by atoms with E-state index in [0.717, 1.165) is 6.08 Å². The summed E-state index contributed by atoms with van der Waals surface area (Å²) < 4.78 is 4.33. The van der Waals surface area contributed by atoms with Gasteiger partial charge in [-0.25, -0.2) is 0 Å². The van der Waals surface area contributed by atoms with Gasteiger partial charge < -0.3 is 20.1 Å². The maximum absolute atomic E-state index is 8.91.